The largest absolute Gasteiger partial charge is 0.480 e. The summed E-state index contributed by atoms with van der Waals surface area (Å²) >= 11 is 0. The minimum Gasteiger partial charge on any atom is -0.480 e. The molecule has 0 aromatic heterocycles. The maximum absolute atomic E-state index is 13.6. The first kappa shape index (κ1) is 28.7. The van der Waals surface area contributed by atoms with Crippen LogP contribution in [0.1, 0.15) is 52.1 Å². The van der Waals surface area contributed by atoms with E-state index in [9.17, 15) is 9.59 Å². The van der Waals surface area contributed by atoms with Crippen LogP contribution in [-0.2, 0) is 14.3 Å². The van der Waals surface area contributed by atoms with Gasteiger partial charge in [-0.25, -0.2) is 0 Å². The van der Waals surface area contributed by atoms with Crippen molar-refractivity contribution in [3.63, 3.8) is 0 Å². The van der Waals surface area contributed by atoms with E-state index in [1.807, 2.05) is 17.0 Å². The molecule has 3 aliphatic rings. The minimum atomic E-state index is -0.0936. The third kappa shape index (κ3) is 7.20. The Kier molecular flexibility index (Phi) is 9.32. The van der Waals surface area contributed by atoms with Gasteiger partial charge >= 0.3 is 0 Å². The summed E-state index contributed by atoms with van der Waals surface area (Å²) in [4.78, 5) is 31.7. The average molecular weight is 532 g/mol. The summed E-state index contributed by atoms with van der Waals surface area (Å²) in [5.41, 5.74) is 13.7. The molecule has 208 valence electrons. The summed E-state index contributed by atoms with van der Waals surface area (Å²) < 4.78 is 5.69. The van der Waals surface area contributed by atoms with E-state index in [1.165, 1.54) is 5.56 Å². The Morgan fingerprint density at radius 2 is 1.87 bits per heavy atom. The molecule has 1 saturated heterocycles. The fraction of sp³-hybridized carbons (Fsp3) is 0.500. The second-order valence-corrected chi connectivity index (χ2v) is 11.6. The number of allylic oxidation sites excluding steroid dienone is 1. The SMILES string of the molecule is CC(=O)N1CC=C(CC(=O)N2CCN(C(C3=C=C=C(OCC[NH3+])C=C3)c3ccccc3)C[C@@H]2C(C)(C)C)CC1. The number of hydrogen-bond acceptors (Lipinski definition) is 4. The van der Waals surface area contributed by atoms with Gasteiger partial charge in [0.2, 0.25) is 11.8 Å². The number of carbonyl (C=O) groups is 2. The topological polar surface area (TPSA) is 80.7 Å². The molecule has 2 heterocycles. The fourth-order valence-electron chi connectivity index (χ4n) is 5.56. The van der Waals surface area contributed by atoms with Crippen LogP contribution in [0.4, 0.5) is 0 Å². The minimum absolute atomic E-state index is 0.00469. The van der Waals surface area contributed by atoms with Crippen molar-refractivity contribution >= 4 is 11.8 Å². The number of quaternary nitrogens is 1. The molecule has 0 radical (unpaired) electrons. The first-order valence-corrected chi connectivity index (χ1v) is 14.0. The van der Waals surface area contributed by atoms with E-state index < -0.39 is 0 Å². The average Bonchev–Trinajstić information content (AvgIpc) is 2.93. The van der Waals surface area contributed by atoms with Gasteiger partial charge in [0.15, 0.2) is 5.76 Å². The van der Waals surface area contributed by atoms with Gasteiger partial charge in [-0.05, 0) is 35.3 Å². The van der Waals surface area contributed by atoms with E-state index in [2.05, 4.69) is 84.2 Å². The highest BCUT2D eigenvalue weighted by Crippen LogP contribution is 2.36. The van der Waals surface area contributed by atoms with Gasteiger partial charge in [0.25, 0.3) is 0 Å². The van der Waals surface area contributed by atoms with Crippen molar-refractivity contribution in [2.75, 3.05) is 45.9 Å². The summed E-state index contributed by atoms with van der Waals surface area (Å²) in [5, 5.41) is 0. The maximum atomic E-state index is 13.6. The van der Waals surface area contributed by atoms with Gasteiger partial charge in [-0.2, -0.15) is 0 Å². The smallest absolute Gasteiger partial charge is 0.227 e. The molecule has 4 rings (SSSR count). The lowest BCUT2D eigenvalue weighted by Crippen LogP contribution is -2.60. The van der Waals surface area contributed by atoms with E-state index in [4.69, 9.17) is 4.74 Å². The molecular weight excluding hydrogens is 488 g/mol. The number of piperazine rings is 1. The van der Waals surface area contributed by atoms with E-state index in [0.29, 0.717) is 45.0 Å². The van der Waals surface area contributed by atoms with E-state index in [-0.39, 0.29) is 29.3 Å². The summed E-state index contributed by atoms with van der Waals surface area (Å²) in [6.07, 6.45) is 7.30. The van der Waals surface area contributed by atoms with Crippen LogP contribution in [0.15, 0.2) is 76.9 Å². The van der Waals surface area contributed by atoms with Crippen LogP contribution in [-0.4, -0.2) is 78.4 Å². The van der Waals surface area contributed by atoms with E-state index >= 15 is 0 Å². The Morgan fingerprint density at radius 3 is 2.46 bits per heavy atom. The Morgan fingerprint density at radius 1 is 1.10 bits per heavy atom. The van der Waals surface area contributed by atoms with Crippen LogP contribution < -0.4 is 5.73 Å². The molecule has 3 N–H and O–H groups in total. The van der Waals surface area contributed by atoms with Crippen LogP contribution in [0.2, 0.25) is 0 Å². The van der Waals surface area contributed by atoms with Crippen molar-refractivity contribution in [1.82, 2.24) is 14.7 Å². The predicted molar refractivity (Wildman–Crippen MR) is 152 cm³/mol. The van der Waals surface area contributed by atoms with Gasteiger partial charge in [0, 0.05) is 57.7 Å². The normalized spacial score (nSPS) is 20.7. The molecule has 7 heteroatoms. The van der Waals surface area contributed by atoms with Gasteiger partial charge in [0.1, 0.15) is 13.2 Å². The van der Waals surface area contributed by atoms with Crippen molar-refractivity contribution in [2.24, 2.45) is 5.41 Å². The van der Waals surface area contributed by atoms with Gasteiger partial charge in [-0.3, -0.25) is 14.5 Å². The molecule has 7 nitrogen and oxygen atoms in total. The zero-order chi connectivity index (χ0) is 28.0. The molecule has 2 amide bonds. The number of rotatable bonds is 8. The van der Waals surface area contributed by atoms with E-state index in [0.717, 1.165) is 30.7 Å². The molecular formula is C32H43N4O3+. The summed E-state index contributed by atoms with van der Waals surface area (Å²) in [6, 6.07) is 10.6. The monoisotopic (exact) mass is 531 g/mol. The zero-order valence-corrected chi connectivity index (χ0v) is 23.9. The highest BCUT2D eigenvalue weighted by Gasteiger charge is 2.40. The lowest BCUT2D eigenvalue weighted by atomic mass is 9.82. The molecule has 1 fully saturated rings. The lowest BCUT2D eigenvalue weighted by molar-refractivity contribution is -0.372. The molecule has 1 unspecified atom stereocenters. The van der Waals surface area contributed by atoms with Crippen LogP contribution >= 0.6 is 0 Å². The molecule has 39 heavy (non-hydrogen) atoms. The first-order valence-electron chi connectivity index (χ1n) is 14.0. The van der Waals surface area contributed by atoms with Gasteiger partial charge in [-0.1, -0.05) is 68.5 Å². The van der Waals surface area contributed by atoms with Gasteiger partial charge in [-0.15, -0.1) is 0 Å². The number of nitrogens with zero attached hydrogens (tertiary/aromatic N) is 3. The third-order valence-corrected chi connectivity index (χ3v) is 7.78. The summed E-state index contributed by atoms with van der Waals surface area (Å²) in [7, 11) is 0. The zero-order valence-electron chi connectivity index (χ0n) is 23.9. The van der Waals surface area contributed by atoms with Crippen molar-refractivity contribution in [2.45, 2.75) is 52.6 Å². The quantitative estimate of drug-likeness (QED) is 0.413. The van der Waals surface area contributed by atoms with Crippen LogP contribution in [0.25, 0.3) is 0 Å². The molecule has 0 spiro atoms. The molecule has 2 atom stereocenters. The molecule has 0 bridgehead atoms. The fourth-order valence-corrected chi connectivity index (χ4v) is 5.56. The molecule has 1 aromatic carbocycles. The first-order chi connectivity index (χ1) is 18.7. The standard InChI is InChI=1S/C32H42N4O3/c1-24(37)34-17-14-25(15-18-34)22-30(38)36-20-19-35(23-29(36)32(2,3)4)31(26-8-6-5-7-9-26)27-10-12-28(13-11-27)39-21-16-33/h5-10,12,14,29,31H,15-23,33H2,1-4H3/p+1/t29-,31?/m1/s1. The van der Waals surface area contributed by atoms with Gasteiger partial charge in [0.05, 0.1) is 6.04 Å². The predicted octanol–water partition coefficient (Wildman–Crippen LogP) is 3.25. The summed E-state index contributed by atoms with van der Waals surface area (Å²) in [6.45, 7) is 13.0. The highest BCUT2D eigenvalue weighted by molar-refractivity contribution is 5.79. The Bertz CT molecular complexity index is 1210. The Hall–Kier alpha value is -3.34. The number of carbonyl (C=O) groups excluding carboxylic acids is 2. The number of hydrogen-bond donors (Lipinski definition) is 1. The second-order valence-electron chi connectivity index (χ2n) is 11.6. The van der Waals surface area contributed by atoms with Gasteiger partial charge < -0.3 is 20.3 Å². The van der Waals surface area contributed by atoms with Crippen LogP contribution in [0, 0.1) is 5.41 Å². The second kappa shape index (κ2) is 12.7. The molecule has 1 aromatic rings. The number of benzene rings is 1. The van der Waals surface area contributed by atoms with Crippen molar-refractivity contribution in [3.05, 3.63) is 82.5 Å². The Labute approximate surface area is 233 Å². The van der Waals surface area contributed by atoms with E-state index in [1.54, 1.807) is 6.92 Å². The van der Waals surface area contributed by atoms with Crippen molar-refractivity contribution < 1.29 is 20.1 Å². The number of ether oxygens (including phenoxy) is 1. The molecule has 1 aliphatic carbocycles. The molecule has 2 aliphatic heterocycles. The molecule has 0 saturated carbocycles. The summed E-state index contributed by atoms with van der Waals surface area (Å²) in [5.74, 6) is 0.949. The number of amides is 2. The maximum Gasteiger partial charge on any atom is 0.227 e. The van der Waals surface area contributed by atoms with Crippen molar-refractivity contribution in [1.29, 1.82) is 0 Å². The van der Waals surface area contributed by atoms with Crippen molar-refractivity contribution in [3.8, 4) is 0 Å². The third-order valence-electron chi connectivity index (χ3n) is 7.78. The highest BCUT2D eigenvalue weighted by atomic mass is 16.5. The van der Waals surface area contributed by atoms with Crippen LogP contribution in [0.3, 0.4) is 0 Å². The lowest BCUT2D eigenvalue weighted by Gasteiger charge is -2.49. The van der Waals surface area contributed by atoms with Crippen LogP contribution in [0.5, 0.6) is 0 Å². The Balaban J connectivity index is 1.56.